The summed E-state index contributed by atoms with van der Waals surface area (Å²) < 4.78 is 0. The summed E-state index contributed by atoms with van der Waals surface area (Å²) in [5.41, 5.74) is 2.95. The lowest BCUT2D eigenvalue weighted by Gasteiger charge is -2.35. The summed E-state index contributed by atoms with van der Waals surface area (Å²) in [6.45, 7) is 5.09. The molecule has 15 heavy (non-hydrogen) atoms. The van der Waals surface area contributed by atoms with Gasteiger partial charge in [0.05, 0.1) is 5.60 Å². The SMILES string of the molecule is CN1CCN(NCC2(O)CCCC2)CC1. The van der Waals surface area contributed by atoms with Gasteiger partial charge in [-0.15, -0.1) is 0 Å². The predicted molar refractivity (Wildman–Crippen MR) is 60.5 cm³/mol. The van der Waals surface area contributed by atoms with Gasteiger partial charge in [-0.2, -0.15) is 0 Å². The minimum absolute atomic E-state index is 0.427. The van der Waals surface area contributed by atoms with E-state index in [1.165, 1.54) is 12.8 Å². The molecule has 0 aromatic rings. The van der Waals surface area contributed by atoms with E-state index in [0.717, 1.165) is 45.6 Å². The summed E-state index contributed by atoms with van der Waals surface area (Å²) in [5, 5.41) is 12.4. The first-order chi connectivity index (χ1) is 7.18. The van der Waals surface area contributed by atoms with Crippen molar-refractivity contribution in [3.63, 3.8) is 0 Å². The third kappa shape index (κ3) is 3.14. The highest BCUT2D eigenvalue weighted by atomic mass is 16.3. The Morgan fingerprint density at radius 2 is 1.73 bits per heavy atom. The molecule has 1 aliphatic heterocycles. The first-order valence-electron chi connectivity index (χ1n) is 6.07. The largest absolute Gasteiger partial charge is 0.389 e. The van der Waals surface area contributed by atoms with E-state index >= 15 is 0 Å². The number of rotatable bonds is 3. The van der Waals surface area contributed by atoms with Crippen LogP contribution in [-0.4, -0.2) is 60.4 Å². The highest BCUT2D eigenvalue weighted by Gasteiger charge is 2.31. The van der Waals surface area contributed by atoms with Crippen LogP contribution in [0.2, 0.25) is 0 Å². The van der Waals surface area contributed by atoms with Crippen molar-refractivity contribution in [1.29, 1.82) is 0 Å². The number of nitrogens with one attached hydrogen (secondary N) is 1. The number of hydrogen-bond acceptors (Lipinski definition) is 4. The van der Waals surface area contributed by atoms with E-state index in [4.69, 9.17) is 0 Å². The van der Waals surface area contributed by atoms with Crippen molar-refractivity contribution in [2.24, 2.45) is 0 Å². The standard InChI is InChI=1S/C11H23N3O/c1-13-6-8-14(9-7-13)12-10-11(15)4-2-3-5-11/h12,15H,2-10H2,1H3. The zero-order valence-corrected chi connectivity index (χ0v) is 9.71. The van der Waals surface area contributed by atoms with Gasteiger partial charge in [0.25, 0.3) is 0 Å². The maximum atomic E-state index is 10.2. The third-order valence-electron chi connectivity index (χ3n) is 3.67. The van der Waals surface area contributed by atoms with E-state index in [1.807, 2.05) is 0 Å². The quantitative estimate of drug-likeness (QED) is 0.694. The molecule has 0 bridgehead atoms. The predicted octanol–water partition coefficient (Wildman–Crippen LogP) is 0.0435. The van der Waals surface area contributed by atoms with Gasteiger partial charge >= 0.3 is 0 Å². The molecule has 1 aliphatic carbocycles. The number of nitrogens with zero attached hydrogens (tertiary/aromatic N) is 2. The van der Waals surface area contributed by atoms with Crippen molar-refractivity contribution >= 4 is 0 Å². The minimum Gasteiger partial charge on any atom is -0.389 e. The van der Waals surface area contributed by atoms with Crippen molar-refractivity contribution in [2.45, 2.75) is 31.3 Å². The number of hydrazine groups is 1. The Labute approximate surface area is 92.2 Å². The van der Waals surface area contributed by atoms with Crippen LogP contribution in [0, 0.1) is 0 Å². The zero-order valence-electron chi connectivity index (χ0n) is 9.71. The van der Waals surface area contributed by atoms with Crippen LogP contribution in [0.25, 0.3) is 0 Å². The molecule has 0 aromatic carbocycles. The molecule has 0 amide bonds. The summed E-state index contributed by atoms with van der Waals surface area (Å²) in [6, 6.07) is 0. The molecule has 1 heterocycles. The van der Waals surface area contributed by atoms with Crippen molar-refractivity contribution in [3.8, 4) is 0 Å². The fourth-order valence-electron chi connectivity index (χ4n) is 2.43. The molecule has 0 radical (unpaired) electrons. The Kier molecular flexibility index (Phi) is 3.61. The topological polar surface area (TPSA) is 38.7 Å². The van der Waals surface area contributed by atoms with Crippen LogP contribution >= 0.6 is 0 Å². The van der Waals surface area contributed by atoms with E-state index in [2.05, 4.69) is 22.4 Å². The molecule has 1 saturated heterocycles. The minimum atomic E-state index is -0.427. The maximum absolute atomic E-state index is 10.2. The smallest absolute Gasteiger partial charge is 0.0785 e. The van der Waals surface area contributed by atoms with Gasteiger partial charge in [-0.25, -0.2) is 5.01 Å². The van der Waals surface area contributed by atoms with Crippen LogP contribution in [0.1, 0.15) is 25.7 Å². The van der Waals surface area contributed by atoms with Crippen LogP contribution in [0.4, 0.5) is 0 Å². The first-order valence-corrected chi connectivity index (χ1v) is 6.07. The van der Waals surface area contributed by atoms with Crippen LogP contribution in [0.15, 0.2) is 0 Å². The molecule has 0 unspecified atom stereocenters. The summed E-state index contributed by atoms with van der Waals surface area (Å²) in [5.74, 6) is 0. The lowest BCUT2D eigenvalue weighted by atomic mass is 10.0. The summed E-state index contributed by atoms with van der Waals surface area (Å²) in [7, 11) is 2.15. The molecule has 88 valence electrons. The Hall–Kier alpha value is -0.160. The van der Waals surface area contributed by atoms with Crippen molar-refractivity contribution in [2.75, 3.05) is 39.8 Å². The highest BCUT2D eigenvalue weighted by molar-refractivity contribution is 4.86. The Morgan fingerprint density at radius 1 is 1.13 bits per heavy atom. The van der Waals surface area contributed by atoms with Gasteiger partial charge in [0.1, 0.15) is 0 Å². The summed E-state index contributed by atoms with van der Waals surface area (Å²) in [4.78, 5) is 2.34. The van der Waals surface area contributed by atoms with E-state index in [-0.39, 0.29) is 0 Å². The van der Waals surface area contributed by atoms with Crippen molar-refractivity contribution < 1.29 is 5.11 Å². The monoisotopic (exact) mass is 213 g/mol. The Balaban J connectivity index is 1.69. The molecule has 0 spiro atoms. The zero-order chi connectivity index (χ0) is 10.7. The van der Waals surface area contributed by atoms with E-state index in [1.54, 1.807) is 0 Å². The summed E-state index contributed by atoms with van der Waals surface area (Å²) >= 11 is 0. The van der Waals surface area contributed by atoms with Crippen molar-refractivity contribution in [3.05, 3.63) is 0 Å². The van der Waals surface area contributed by atoms with Crippen LogP contribution < -0.4 is 5.43 Å². The fourth-order valence-corrected chi connectivity index (χ4v) is 2.43. The molecule has 2 rings (SSSR count). The van der Waals surface area contributed by atoms with E-state index in [0.29, 0.717) is 0 Å². The molecule has 4 nitrogen and oxygen atoms in total. The van der Waals surface area contributed by atoms with Gasteiger partial charge in [-0.05, 0) is 19.9 Å². The second kappa shape index (κ2) is 4.78. The number of aliphatic hydroxyl groups is 1. The van der Waals surface area contributed by atoms with Crippen LogP contribution in [0.3, 0.4) is 0 Å². The van der Waals surface area contributed by atoms with Gasteiger partial charge in [0.15, 0.2) is 0 Å². The van der Waals surface area contributed by atoms with Crippen LogP contribution in [0.5, 0.6) is 0 Å². The van der Waals surface area contributed by atoms with Crippen LogP contribution in [-0.2, 0) is 0 Å². The summed E-state index contributed by atoms with van der Waals surface area (Å²) in [6.07, 6.45) is 4.29. The Morgan fingerprint density at radius 3 is 2.33 bits per heavy atom. The lowest BCUT2D eigenvalue weighted by Crippen LogP contribution is -2.54. The van der Waals surface area contributed by atoms with E-state index in [9.17, 15) is 5.11 Å². The molecular formula is C11H23N3O. The molecule has 0 atom stereocenters. The lowest BCUT2D eigenvalue weighted by molar-refractivity contribution is 0.0115. The van der Waals surface area contributed by atoms with Gasteiger partial charge in [-0.1, -0.05) is 12.8 Å². The molecule has 1 saturated carbocycles. The molecule has 0 aromatic heterocycles. The maximum Gasteiger partial charge on any atom is 0.0785 e. The van der Waals surface area contributed by atoms with E-state index < -0.39 is 5.60 Å². The number of likely N-dealkylation sites (N-methyl/N-ethyl adjacent to an activating group) is 1. The molecule has 4 heteroatoms. The average molecular weight is 213 g/mol. The normalized spacial score (nSPS) is 28.4. The first kappa shape index (κ1) is 11.3. The second-order valence-electron chi connectivity index (χ2n) is 5.06. The van der Waals surface area contributed by atoms with Gasteiger partial charge in [0, 0.05) is 32.7 Å². The van der Waals surface area contributed by atoms with Gasteiger partial charge < -0.3 is 10.0 Å². The Bertz CT molecular complexity index is 196. The molecule has 2 N–H and O–H groups in total. The van der Waals surface area contributed by atoms with Gasteiger partial charge in [-0.3, -0.25) is 5.43 Å². The highest BCUT2D eigenvalue weighted by Crippen LogP contribution is 2.28. The average Bonchev–Trinajstić information content (AvgIpc) is 2.65. The van der Waals surface area contributed by atoms with Crippen molar-refractivity contribution in [1.82, 2.24) is 15.3 Å². The molecule has 2 aliphatic rings. The number of hydrogen-bond donors (Lipinski definition) is 2. The fraction of sp³-hybridized carbons (Fsp3) is 1.00. The second-order valence-corrected chi connectivity index (χ2v) is 5.06. The number of piperazine rings is 1. The third-order valence-corrected chi connectivity index (χ3v) is 3.67. The molecule has 2 fully saturated rings. The van der Waals surface area contributed by atoms with Gasteiger partial charge in [0.2, 0.25) is 0 Å². The molecular weight excluding hydrogens is 190 g/mol.